The van der Waals surface area contributed by atoms with E-state index < -0.39 is 0 Å². The van der Waals surface area contributed by atoms with Crippen LogP contribution in [-0.4, -0.2) is 17.4 Å². The molecule has 1 aliphatic rings. The van der Waals surface area contributed by atoms with E-state index in [0.717, 1.165) is 24.6 Å². The Bertz CT molecular complexity index is 687. The molecule has 0 aliphatic heterocycles. The fraction of sp³-hybridized carbons (Fsp3) is 0.353. The van der Waals surface area contributed by atoms with Gasteiger partial charge in [-0.15, -0.1) is 0 Å². The third-order valence-corrected chi connectivity index (χ3v) is 4.01. The number of aromatic nitrogens is 1. The van der Waals surface area contributed by atoms with Crippen molar-refractivity contribution in [1.29, 1.82) is 0 Å². The van der Waals surface area contributed by atoms with E-state index in [4.69, 9.17) is 0 Å². The van der Waals surface area contributed by atoms with Gasteiger partial charge in [-0.05, 0) is 50.3 Å². The summed E-state index contributed by atoms with van der Waals surface area (Å²) in [4.78, 5) is 15.1. The third-order valence-electron chi connectivity index (χ3n) is 4.01. The zero-order valence-corrected chi connectivity index (χ0v) is 11.9. The normalized spacial score (nSPS) is 15.0. The maximum atomic E-state index is 13.1. The predicted molar refractivity (Wildman–Crippen MR) is 81.8 cm³/mol. The fourth-order valence-electron chi connectivity index (χ4n) is 2.85. The number of nitrogens with one attached hydrogen (secondary N) is 2. The molecule has 3 rings (SSSR count). The number of carbonyl (C=O) groups is 1. The molecule has 1 amide bonds. The van der Waals surface area contributed by atoms with Gasteiger partial charge in [-0.2, -0.15) is 0 Å². The topological polar surface area (TPSA) is 44.9 Å². The SMILES string of the molecule is O=C(NCCC1=CCCCC1)c1c[nH]c2cc(F)ccc12. The molecule has 1 aliphatic carbocycles. The molecule has 0 saturated heterocycles. The highest BCUT2D eigenvalue weighted by Crippen LogP contribution is 2.21. The van der Waals surface area contributed by atoms with E-state index in [1.54, 1.807) is 12.3 Å². The molecule has 4 heteroatoms. The predicted octanol–water partition coefficient (Wildman–Crippen LogP) is 3.93. The minimum atomic E-state index is -0.305. The molecule has 3 nitrogen and oxygen atoms in total. The lowest BCUT2D eigenvalue weighted by Crippen LogP contribution is -2.24. The van der Waals surface area contributed by atoms with E-state index in [2.05, 4.69) is 16.4 Å². The summed E-state index contributed by atoms with van der Waals surface area (Å²) in [6.45, 7) is 0.651. The maximum absolute atomic E-state index is 13.1. The second-order valence-electron chi connectivity index (χ2n) is 5.51. The number of hydrogen-bond acceptors (Lipinski definition) is 1. The summed E-state index contributed by atoms with van der Waals surface area (Å²) in [5.74, 6) is -0.412. The van der Waals surface area contributed by atoms with Gasteiger partial charge in [-0.3, -0.25) is 4.79 Å². The average Bonchev–Trinajstić information content (AvgIpc) is 2.91. The Balaban J connectivity index is 1.63. The molecule has 0 bridgehead atoms. The van der Waals surface area contributed by atoms with Gasteiger partial charge in [-0.25, -0.2) is 4.39 Å². The molecule has 110 valence electrons. The van der Waals surface area contributed by atoms with Crippen LogP contribution in [0.1, 0.15) is 42.5 Å². The van der Waals surface area contributed by atoms with Gasteiger partial charge in [0.25, 0.3) is 5.91 Å². The number of benzene rings is 1. The van der Waals surface area contributed by atoms with Crippen LogP contribution in [0, 0.1) is 5.82 Å². The standard InChI is InChI=1S/C17H19FN2O/c18-13-6-7-14-15(11-20-16(14)10-13)17(21)19-9-8-12-4-2-1-3-5-12/h4,6-7,10-11,20H,1-3,5,8-9H2,(H,19,21). The lowest BCUT2D eigenvalue weighted by atomic mass is 9.97. The van der Waals surface area contributed by atoms with Gasteiger partial charge in [0.05, 0.1) is 5.56 Å². The smallest absolute Gasteiger partial charge is 0.253 e. The molecular weight excluding hydrogens is 267 g/mol. The minimum absolute atomic E-state index is 0.107. The second kappa shape index (κ2) is 6.12. The number of rotatable bonds is 4. The van der Waals surface area contributed by atoms with Crippen LogP contribution >= 0.6 is 0 Å². The Labute approximate surface area is 123 Å². The first kappa shape index (κ1) is 13.9. The number of allylic oxidation sites excluding steroid dienone is 1. The average molecular weight is 286 g/mol. The van der Waals surface area contributed by atoms with Crippen molar-refractivity contribution in [3.63, 3.8) is 0 Å². The monoisotopic (exact) mass is 286 g/mol. The highest BCUT2D eigenvalue weighted by molar-refractivity contribution is 6.06. The van der Waals surface area contributed by atoms with Crippen molar-refractivity contribution in [3.8, 4) is 0 Å². The van der Waals surface area contributed by atoms with E-state index in [9.17, 15) is 9.18 Å². The highest BCUT2D eigenvalue weighted by Gasteiger charge is 2.12. The van der Waals surface area contributed by atoms with Crippen molar-refractivity contribution in [3.05, 3.63) is 47.4 Å². The Hall–Kier alpha value is -2.10. The number of H-pyrrole nitrogens is 1. The first-order valence-electron chi connectivity index (χ1n) is 7.47. The summed E-state index contributed by atoms with van der Waals surface area (Å²) < 4.78 is 13.1. The van der Waals surface area contributed by atoms with Crippen LogP contribution in [0.15, 0.2) is 36.0 Å². The third kappa shape index (κ3) is 3.15. The molecule has 0 saturated carbocycles. The van der Waals surface area contributed by atoms with E-state index in [1.807, 2.05) is 0 Å². The summed E-state index contributed by atoms with van der Waals surface area (Å²) in [7, 11) is 0. The fourth-order valence-corrected chi connectivity index (χ4v) is 2.85. The Morgan fingerprint density at radius 3 is 3.05 bits per heavy atom. The Kier molecular flexibility index (Phi) is 4.04. The first-order valence-corrected chi connectivity index (χ1v) is 7.47. The van der Waals surface area contributed by atoms with E-state index in [-0.39, 0.29) is 11.7 Å². The van der Waals surface area contributed by atoms with Gasteiger partial charge < -0.3 is 10.3 Å². The number of aromatic amines is 1. The van der Waals surface area contributed by atoms with Crippen molar-refractivity contribution >= 4 is 16.8 Å². The summed E-state index contributed by atoms with van der Waals surface area (Å²) in [5, 5.41) is 3.70. The van der Waals surface area contributed by atoms with Crippen LogP contribution in [0.25, 0.3) is 10.9 Å². The van der Waals surface area contributed by atoms with Gasteiger partial charge in [0, 0.05) is 23.6 Å². The molecule has 1 heterocycles. The van der Waals surface area contributed by atoms with Crippen LogP contribution in [0.2, 0.25) is 0 Å². The van der Waals surface area contributed by atoms with Crippen LogP contribution < -0.4 is 5.32 Å². The molecular formula is C17H19FN2O. The lowest BCUT2D eigenvalue weighted by Gasteiger charge is -2.12. The van der Waals surface area contributed by atoms with Crippen LogP contribution in [-0.2, 0) is 0 Å². The second-order valence-corrected chi connectivity index (χ2v) is 5.51. The van der Waals surface area contributed by atoms with Gasteiger partial charge in [0.15, 0.2) is 0 Å². The minimum Gasteiger partial charge on any atom is -0.360 e. The number of halogens is 1. The summed E-state index contributed by atoms with van der Waals surface area (Å²) in [6, 6.07) is 4.42. The van der Waals surface area contributed by atoms with E-state index in [0.29, 0.717) is 17.6 Å². The Morgan fingerprint density at radius 2 is 2.24 bits per heavy atom. The summed E-state index contributed by atoms with van der Waals surface area (Å²) in [6.07, 6.45) is 9.71. The van der Waals surface area contributed by atoms with Crippen molar-refractivity contribution in [2.75, 3.05) is 6.54 Å². The molecule has 0 radical (unpaired) electrons. The van der Waals surface area contributed by atoms with Crippen LogP contribution in [0.5, 0.6) is 0 Å². The van der Waals surface area contributed by atoms with Crippen LogP contribution in [0.3, 0.4) is 0 Å². The number of amides is 1. The van der Waals surface area contributed by atoms with Gasteiger partial charge in [0.2, 0.25) is 0 Å². The van der Waals surface area contributed by atoms with Crippen molar-refractivity contribution < 1.29 is 9.18 Å². The van der Waals surface area contributed by atoms with Gasteiger partial charge in [0.1, 0.15) is 5.82 Å². The van der Waals surface area contributed by atoms with Crippen molar-refractivity contribution in [2.24, 2.45) is 0 Å². The molecule has 1 aromatic heterocycles. The zero-order valence-electron chi connectivity index (χ0n) is 11.9. The van der Waals surface area contributed by atoms with Crippen LogP contribution in [0.4, 0.5) is 4.39 Å². The zero-order chi connectivity index (χ0) is 14.7. The number of hydrogen-bond donors (Lipinski definition) is 2. The molecule has 2 aromatic rings. The lowest BCUT2D eigenvalue weighted by molar-refractivity contribution is 0.0955. The van der Waals surface area contributed by atoms with Crippen molar-refractivity contribution in [1.82, 2.24) is 10.3 Å². The molecule has 0 atom stereocenters. The van der Waals surface area contributed by atoms with E-state index in [1.165, 1.54) is 30.5 Å². The molecule has 0 unspecified atom stereocenters. The molecule has 1 aromatic carbocycles. The highest BCUT2D eigenvalue weighted by atomic mass is 19.1. The van der Waals surface area contributed by atoms with Gasteiger partial charge in [-0.1, -0.05) is 11.6 Å². The molecule has 0 spiro atoms. The molecule has 21 heavy (non-hydrogen) atoms. The summed E-state index contributed by atoms with van der Waals surface area (Å²) in [5.41, 5.74) is 2.67. The first-order chi connectivity index (χ1) is 10.2. The Morgan fingerprint density at radius 1 is 1.33 bits per heavy atom. The largest absolute Gasteiger partial charge is 0.360 e. The quantitative estimate of drug-likeness (QED) is 0.822. The maximum Gasteiger partial charge on any atom is 0.253 e. The molecule has 0 fully saturated rings. The van der Waals surface area contributed by atoms with Crippen molar-refractivity contribution in [2.45, 2.75) is 32.1 Å². The number of fused-ring (bicyclic) bond motifs is 1. The summed E-state index contributed by atoms with van der Waals surface area (Å²) >= 11 is 0. The van der Waals surface area contributed by atoms with Gasteiger partial charge >= 0.3 is 0 Å². The van der Waals surface area contributed by atoms with E-state index >= 15 is 0 Å². The molecule has 2 N–H and O–H groups in total. The number of carbonyl (C=O) groups excluding carboxylic acids is 1.